The first-order chi connectivity index (χ1) is 8.15. The topological polar surface area (TPSA) is 35.2 Å². The smallest absolute Gasteiger partial charge is 0.124 e. The number of ether oxygens (including phenoxy) is 1. The summed E-state index contributed by atoms with van der Waals surface area (Å²) in [4.78, 5) is 0. The molecule has 2 N–H and O–H groups in total. The second-order valence-corrected chi connectivity index (χ2v) is 4.81. The molecular formula is C15H25NO. The molecule has 0 amide bonds. The van der Waals surface area contributed by atoms with Gasteiger partial charge in [-0.2, -0.15) is 0 Å². The van der Waals surface area contributed by atoms with Gasteiger partial charge >= 0.3 is 0 Å². The van der Waals surface area contributed by atoms with Crippen molar-refractivity contribution in [3.05, 3.63) is 29.8 Å². The molecule has 0 aliphatic heterocycles. The van der Waals surface area contributed by atoms with E-state index < -0.39 is 0 Å². The van der Waals surface area contributed by atoms with Crippen molar-refractivity contribution < 1.29 is 4.74 Å². The summed E-state index contributed by atoms with van der Waals surface area (Å²) in [6.07, 6.45) is 4.90. The Bertz CT molecular complexity index is 322. The molecule has 0 aromatic heterocycles. The van der Waals surface area contributed by atoms with Crippen molar-refractivity contribution in [1.29, 1.82) is 0 Å². The minimum absolute atomic E-state index is 0.0940. The van der Waals surface area contributed by atoms with Crippen LogP contribution in [0, 0.1) is 0 Å². The minimum atomic E-state index is 0.0940. The number of hydrogen-bond donors (Lipinski definition) is 1. The molecule has 1 unspecified atom stereocenters. The lowest BCUT2D eigenvalue weighted by Crippen LogP contribution is -2.14. The fourth-order valence-corrected chi connectivity index (χ4v) is 1.92. The van der Waals surface area contributed by atoms with Crippen LogP contribution in [0.2, 0.25) is 0 Å². The second-order valence-electron chi connectivity index (χ2n) is 4.81. The fourth-order valence-electron chi connectivity index (χ4n) is 1.92. The van der Waals surface area contributed by atoms with Crippen molar-refractivity contribution in [2.45, 2.75) is 58.6 Å². The molecule has 0 bridgehead atoms. The number of para-hydroxylation sites is 1. The highest BCUT2D eigenvalue weighted by Crippen LogP contribution is 2.27. The summed E-state index contributed by atoms with van der Waals surface area (Å²) in [6, 6.07) is 8.21. The molecular weight excluding hydrogens is 210 g/mol. The van der Waals surface area contributed by atoms with E-state index in [-0.39, 0.29) is 12.1 Å². The number of unbranched alkanes of at least 4 members (excludes halogenated alkanes) is 2. The Morgan fingerprint density at radius 3 is 2.53 bits per heavy atom. The van der Waals surface area contributed by atoms with Crippen molar-refractivity contribution in [2.75, 3.05) is 0 Å². The molecule has 0 radical (unpaired) electrons. The number of hydrogen-bond acceptors (Lipinski definition) is 2. The van der Waals surface area contributed by atoms with Gasteiger partial charge in [-0.25, -0.2) is 0 Å². The van der Waals surface area contributed by atoms with Gasteiger partial charge < -0.3 is 10.5 Å². The van der Waals surface area contributed by atoms with Gasteiger partial charge in [-0.3, -0.25) is 0 Å². The molecule has 2 heteroatoms. The SMILES string of the molecule is CCCCCC(N)c1ccccc1OC(C)C. The monoisotopic (exact) mass is 235 g/mol. The standard InChI is InChI=1S/C15H25NO/c1-4-5-6-10-14(16)13-9-7-8-11-15(13)17-12(2)3/h7-9,11-12,14H,4-6,10,16H2,1-3H3. The van der Waals surface area contributed by atoms with Crippen LogP contribution in [0.4, 0.5) is 0 Å². The molecule has 17 heavy (non-hydrogen) atoms. The zero-order valence-electron chi connectivity index (χ0n) is 11.3. The first-order valence-electron chi connectivity index (χ1n) is 6.66. The molecule has 96 valence electrons. The van der Waals surface area contributed by atoms with Gasteiger partial charge in [0, 0.05) is 11.6 Å². The molecule has 0 spiro atoms. The third kappa shape index (κ3) is 4.78. The second kappa shape index (κ2) is 7.33. The summed E-state index contributed by atoms with van der Waals surface area (Å²) in [5.41, 5.74) is 7.37. The van der Waals surface area contributed by atoms with Gasteiger partial charge in [-0.15, -0.1) is 0 Å². The Labute approximate surface area is 105 Å². The summed E-state index contributed by atoms with van der Waals surface area (Å²) in [5, 5.41) is 0. The van der Waals surface area contributed by atoms with Crippen molar-refractivity contribution in [2.24, 2.45) is 5.73 Å². The molecule has 0 aliphatic carbocycles. The highest BCUT2D eigenvalue weighted by atomic mass is 16.5. The van der Waals surface area contributed by atoms with Crippen molar-refractivity contribution in [3.8, 4) is 5.75 Å². The molecule has 1 aromatic carbocycles. The molecule has 0 fully saturated rings. The Balaban J connectivity index is 2.67. The third-order valence-corrected chi connectivity index (χ3v) is 2.80. The maximum absolute atomic E-state index is 6.23. The minimum Gasteiger partial charge on any atom is -0.491 e. The van der Waals surface area contributed by atoms with Gasteiger partial charge in [-0.1, -0.05) is 44.4 Å². The van der Waals surface area contributed by atoms with Crippen LogP contribution >= 0.6 is 0 Å². The average molecular weight is 235 g/mol. The summed E-state index contributed by atoms with van der Waals surface area (Å²) in [7, 11) is 0. The molecule has 0 aliphatic rings. The van der Waals surface area contributed by atoms with Crippen LogP contribution in [-0.2, 0) is 0 Å². The van der Waals surface area contributed by atoms with Crippen molar-refractivity contribution in [1.82, 2.24) is 0 Å². The highest BCUT2D eigenvalue weighted by Gasteiger charge is 2.12. The zero-order chi connectivity index (χ0) is 12.7. The lowest BCUT2D eigenvalue weighted by molar-refractivity contribution is 0.238. The Kier molecular flexibility index (Phi) is 6.06. The maximum atomic E-state index is 6.23. The molecule has 2 nitrogen and oxygen atoms in total. The van der Waals surface area contributed by atoms with E-state index in [0.717, 1.165) is 17.7 Å². The van der Waals surface area contributed by atoms with E-state index in [1.165, 1.54) is 19.3 Å². The first kappa shape index (κ1) is 14.0. The van der Waals surface area contributed by atoms with Crippen LogP contribution in [0.5, 0.6) is 5.75 Å². The number of nitrogens with two attached hydrogens (primary N) is 1. The Morgan fingerprint density at radius 1 is 1.18 bits per heavy atom. The molecule has 0 saturated carbocycles. The molecule has 1 aromatic rings. The predicted octanol–water partition coefficient (Wildman–Crippen LogP) is 4.05. The van der Waals surface area contributed by atoms with E-state index in [4.69, 9.17) is 10.5 Å². The van der Waals surface area contributed by atoms with Gasteiger partial charge in [0.05, 0.1) is 6.10 Å². The lowest BCUT2D eigenvalue weighted by Gasteiger charge is -2.18. The fraction of sp³-hybridized carbons (Fsp3) is 0.600. The Morgan fingerprint density at radius 2 is 1.88 bits per heavy atom. The highest BCUT2D eigenvalue weighted by molar-refractivity contribution is 5.35. The van der Waals surface area contributed by atoms with E-state index in [1.807, 2.05) is 32.0 Å². The summed E-state index contributed by atoms with van der Waals surface area (Å²) < 4.78 is 5.79. The van der Waals surface area contributed by atoms with E-state index >= 15 is 0 Å². The first-order valence-corrected chi connectivity index (χ1v) is 6.66. The summed E-state index contributed by atoms with van der Waals surface area (Å²) >= 11 is 0. The number of rotatable bonds is 7. The normalized spacial score (nSPS) is 12.8. The van der Waals surface area contributed by atoms with Crippen LogP contribution in [0.15, 0.2) is 24.3 Å². The summed E-state index contributed by atoms with van der Waals surface area (Å²) in [5.74, 6) is 0.937. The molecule has 1 rings (SSSR count). The van der Waals surface area contributed by atoms with E-state index in [9.17, 15) is 0 Å². The molecule has 1 atom stereocenters. The molecule has 0 saturated heterocycles. The quantitative estimate of drug-likeness (QED) is 0.723. The van der Waals surface area contributed by atoms with E-state index in [0.29, 0.717) is 0 Å². The van der Waals surface area contributed by atoms with Crippen LogP contribution < -0.4 is 10.5 Å². The van der Waals surface area contributed by atoms with Crippen LogP contribution in [0.25, 0.3) is 0 Å². The van der Waals surface area contributed by atoms with Gasteiger partial charge in [0.15, 0.2) is 0 Å². The van der Waals surface area contributed by atoms with Gasteiger partial charge in [0.2, 0.25) is 0 Å². The Hall–Kier alpha value is -1.02. The maximum Gasteiger partial charge on any atom is 0.124 e. The van der Waals surface area contributed by atoms with Crippen LogP contribution in [0.1, 0.15) is 58.1 Å². The zero-order valence-corrected chi connectivity index (χ0v) is 11.3. The number of benzene rings is 1. The van der Waals surface area contributed by atoms with Crippen LogP contribution in [0.3, 0.4) is 0 Å². The average Bonchev–Trinajstić information content (AvgIpc) is 2.29. The van der Waals surface area contributed by atoms with E-state index in [2.05, 4.69) is 13.0 Å². The van der Waals surface area contributed by atoms with Gasteiger partial charge in [0.1, 0.15) is 5.75 Å². The van der Waals surface area contributed by atoms with Crippen molar-refractivity contribution in [3.63, 3.8) is 0 Å². The molecule has 0 heterocycles. The predicted molar refractivity (Wildman–Crippen MR) is 73.3 cm³/mol. The van der Waals surface area contributed by atoms with Crippen LogP contribution in [-0.4, -0.2) is 6.10 Å². The summed E-state index contributed by atoms with van der Waals surface area (Å²) in [6.45, 7) is 6.29. The van der Waals surface area contributed by atoms with Gasteiger partial charge in [-0.05, 0) is 26.3 Å². The van der Waals surface area contributed by atoms with Crippen molar-refractivity contribution >= 4 is 0 Å². The van der Waals surface area contributed by atoms with Gasteiger partial charge in [0.25, 0.3) is 0 Å². The lowest BCUT2D eigenvalue weighted by atomic mass is 10.0. The largest absolute Gasteiger partial charge is 0.491 e. The van der Waals surface area contributed by atoms with E-state index in [1.54, 1.807) is 0 Å². The third-order valence-electron chi connectivity index (χ3n) is 2.80.